The molecule has 0 fully saturated rings. The molecule has 0 N–H and O–H groups in total. The number of benzene rings is 9. The molecular weight excluding hydrogens is 727 g/mol. The Morgan fingerprint density at radius 1 is 0.288 bits per heavy atom. The molecule has 274 valence electrons. The second kappa shape index (κ2) is 12.2. The fraction of sp³-hybridized carbons (Fsp3) is 0. The first-order valence-corrected chi connectivity index (χ1v) is 19.7. The van der Waals surface area contributed by atoms with Crippen molar-refractivity contribution in [1.29, 1.82) is 0 Å². The van der Waals surface area contributed by atoms with Gasteiger partial charge in [0.25, 0.3) is 0 Å². The second-order valence-electron chi connectivity index (χ2n) is 15.1. The van der Waals surface area contributed by atoms with Crippen LogP contribution in [-0.2, 0) is 0 Å². The zero-order chi connectivity index (χ0) is 38.6. The largest absolute Gasteiger partial charge is 0.456 e. The van der Waals surface area contributed by atoms with Crippen molar-refractivity contribution in [2.24, 2.45) is 0 Å². The number of hydrogen-bond donors (Lipinski definition) is 0. The summed E-state index contributed by atoms with van der Waals surface area (Å²) in [6.45, 7) is 0. The molecule has 0 amide bonds. The molecule has 13 aromatic rings. The molecule has 6 nitrogen and oxygen atoms in total. The average molecular weight is 756 g/mol. The maximum atomic E-state index is 6.70. The second-order valence-corrected chi connectivity index (χ2v) is 15.1. The van der Waals surface area contributed by atoms with Gasteiger partial charge in [-0.1, -0.05) is 121 Å². The minimum Gasteiger partial charge on any atom is -0.456 e. The topological polar surface area (TPSA) is 78.1 Å². The third-order valence-corrected chi connectivity index (χ3v) is 11.7. The molecular formula is C53H29N3O3. The zero-order valence-corrected chi connectivity index (χ0v) is 31.3. The monoisotopic (exact) mass is 755 g/mol. The molecule has 0 aliphatic rings. The van der Waals surface area contributed by atoms with E-state index in [9.17, 15) is 0 Å². The van der Waals surface area contributed by atoms with E-state index in [4.69, 9.17) is 28.2 Å². The molecule has 0 saturated heterocycles. The van der Waals surface area contributed by atoms with Gasteiger partial charge in [-0.3, -0.25) is 0 Å². The van der Waals surface area contributed by atoms with Gasteiger partial charge in [0.15, 0.2) is 17.5 Å². The lowest BCUT2D eigenvalue weighted by Crippen LogP contribution is -2.00. The molecule has 0 aliphatic carbocycles. The SMILES string of the molecule is c1ccc2cc(-c3nc(-c4ccc5oc6ccccc6c5c4)nc(-c4cccc5oc6cccc(-c7cc8ccccc8c8oc9ccccc9c78)c6c45)n3)ccc2c1. The standard InChI is InChI=1S/C53H29N3O3/c1-2-12-31-27-33(24-23-30(31)11-1)51-54-52(34-25-26-44-40(29-34)36-15-5-7-19-42(36)57-44)56-53(55-51)39-18-10-22-46-49(39)48-37(17-9-21-45(48)58-46)41-28-32-13-3-4-14-35(32)50-47(41)38-16-6-8-20-43(38)59-50/h1-29H. The van der Waals surface area contributed by atoms with Crippen LogP contribution in [0.3, 0.4) is 0 Å². The number of aromatic nitrogens is 3. The van der Waals surface area contributed by atoms with Crippen molar-refractivity contribution < 1.29 is 13.3 Å². The van der Waals surface area contributed by atoms with Gasteiger partial charge in [-0.25, -0.2) is 15.0 Å². The summed E-state index contributed by atoms with van der Waals surface area (Å²) in [4.78, 5) is 15.7. The van der Waals surface area contributed by atoms with Crippen molar-refractivity contribution in [3.63, 3.8) is 0 Å². The first-order chi connectivity index (χ1) is 29.2. The summed E-state index contributed by atoms with van der Waals surface area (Å²) < 4.78 is 19.5. The van der Waals surface area contributed by atoms with E-state index >= 15 is 0 Å². The van der Waals surface area contributed by atoms with Gasteiger partial charge < -0.3 is 13.3 Å². The fourth-order valence-electron chi connectivity index (χ4n) is 9.00. The Morgan fingerprint density at radius 2 is 0.847 bits per heavy atom. The van der Waals surface area contributed by atoms with Gasteiger partial charge in [0.1, 0.15) is 33.5 Å². The van der Waals surface area contributed by atoms with Crippen molar-refractivity contribution in [3.8, 4) is 45.3 Å². The molecule has 0 spiro atoms. The highest BCUT2D eigenvalue weighted by Crippen LogP contribution is 2.46. The Labute approximate surface area is 335 Å². The molecule has 0 saturated carbocycles. The lowest BCUT2D eigenvalue weighted by Gasteiger charge is -2.11. The predicted molar refractivity (Wildman–Crippen MR) is 238 cm³/mol. The molecule has 0 bridgehead atoms. The zero-order valence-electron chi connectivity index (χ0n) is 31.3. The maximum Gasteiger partial charge on any atom is 0.164 e. The van der Waals surface area contributed by atoms with E-state index in [-0.39, 0.29) is 0 Å². The molecule has 4 heterocycles. The molecule has 13 rings (SSSR count). The summed E-state index contributed by atoms with van der Waals surface area (Å²) in [5, 5.41) is 10.6. The van der Waals surface area contributed by atoms with E-state index < -0.39 is 0 Å². The van der Waals surface area contributed by atoms with E-state index in [2.05, 4.69) is 115 Å². The number of rotatable bonds is 4. The van der Waals surface area contributed by atoms with Gasteiger partial charge in [-0.05, 0) is 81.9 Å². The molecule has 0 aliphatic heterocycles. The predicted octanol–water partition coefficient (Wildman–Crippen LogP) is 14.5. The minimum absolute atomic E-state index is 0.552. The summed E-state index contributed by atoms with van der Waals surface area (Å²) in [6, 6.07) is 60.4. The van der Waals surface area contributed by atoms with Crippen molar-refractivity contribution in [3.05, 3.63) is 176 Å². The van der Waals surface area contributed by atoms with Gasteiger partial charge in [0.2, 0.25) is 0 Å². The first kappa shape index (κ1) is 32.0. The lowest BCUT2D eigenvalue weighted by molar-refractivity contribution is 0.668. The van der Waals surface area contributed by atoms with Crippen LogP contribution >= 0.6 is 0 Å². The third kappa shape index (κ3) is 4.84. The number of furan rings is 3. The number of nitrogens with zero attached hydrogens (tertiary/aromatic N) is 3. The molecule has 0 unspecified atom stereocenters. The van der Waals surface area contributed by atoms with E-state index in [1.807, 2.05) is 60.7 Å². The van der Waals surface area contributed by atoms with Crippen LogP contribution in [0.25, 0.3) is 133 Å². The lowest BCUT2D eigenvalue weighted by atomic mass is 9.92. The van der Waals surface area contributed by atoms with Crippen LogP contribution in [0.5, 0.6) is 0 Å². The normalized spacial score (nSPS) is 12.1. The highest BCUT2D eigenvalue weighted by molar-refractivity contribution is 6.25. The van der Waals surface area contributed by atoms with Gasteiger partial charge >= 0.3 is 0 Å². The van der Waals surface area contributed by atoms with Crippen molar-refractivity contribution in [2.75, 3.05) is 0 Å². The molecule has 0 atom stereocenters. The van der Waals surface area contributed by atoms with Crippen LogP contribution in [0.4, 0.5) is 0 Å². The van der Waals surface area contributed by atoms with Gasteiger partial charge in [0, 0.05) is 54.4 Å². The summed E-state index contributed by atoms with van der Waals surface area (Å²) in [5.41, 5.74) is 9.63. The van der Waals surface area contributed by atoms with E-state index in [1.54, 1.807) is 0 Å². The maximum absolute atomic E-state index is 6.70. The minimum atomic E-state index is 0.552. The summed E-state index contributed by atoms with van der Waals surface area (Å²) >= 11 is 0. The van der Waals surface area contributed by atoms with Gasteiger partial charge in [-0.15, -0.1) is 0 Å². The highest BCUT2D eigenvalue weighted by Gasteiger charge is 2.23. The van der Waals surface area contributed by atoms with Gasteiger partial charge in [-0.2, -0.15) is 0 Å². The van der Waals surface area contributed by atoms with E-state index in [0.29, 0.717) is 17.5 Å². The summed E-state index contributed by atoms with van der Waals surface area (Å²) in [7, 11) is 0. The van der Waals surface area contributed by atoms with Gasteiger partial charge in [0.05, 0.1) is 0 Å². The van der Waals surface area contributed by atoms with Crippen LogP contribution < -0.4 is 0 Å². The highest BCUT2D eigenvalue weighted by atomic mass is 16.3. The third-order valence-electron chi connectivity index (χ3n) is 11.7. The molecule has 9 aromatic carbocycles. The molecule has 59 heavy (non-hydrogen) atoms. The Bertz CT molecular complexity index is 3870. The molecule has 0 radical (unpaired) electrons. The van der Waals surface area contributed by atoms with Crippen LogP contribution in [0.2, 0.25) is 0 Å². The van der Waals surface area contributed by atoms with Crippen LogP contribution in [0.15, 0.2) is 189 Å². The Kier molecular flexibility index (Phi) is 6.63. The first-order valence-electron chi connectivity index (χ1n) is 19.7. The summed E-state index contributed by atoms with van der Waals surface area (Å²) in [6.07, 6.45) is 0. The quantitative estimate of drug-likeness (QED) is 0.178. The number of hydrogen-bond acceptors (Lipinski definition) is 6. The van der Waals surface area contributed by atoms with Crippen molar-refractivity contribution in [2.45, 2.75) is 0 Å². The van der Waals surface area contributed by atoms with Crippen LogP contribution in [0, 0.1) is 0 Å². The fourth-order valence-corrected chi connectivity index (χ4v) is 9.00. The van der Waals surface area contributed by atoms with E-state index in [1.165, 1.54) is 0 Å². The van der Waals surface area contributed by atoms with Crippen molar-refractivity contribution in [1.82, 2.24) is 15.0 Å². The molecule has 4 aromatic heterocycles. The Morgan fingerprint density at radius 3 is 1.66 bits per heavy atom. The van der Waals surface area contributed by atoms with E-state index in [0.717, 1.165) is 115 Å². The smallest absolute Gasteiger partial charge is 0.164 e. The number of para-hydroxylation sites is 2. The average Bonchev–Trinajstić information content (AvgIpc) is 4.00. The van der Waals surface area contributed by atoms with Crippen LogP contribution in [-0.4, -0.2) is 15.0 Å². The molecule has 6 heteroatoms. The number of fused-ring (bicyclic) bond motifs is 12. The van der Waals surface area contributed by atoms with Crippen molar-refractivity contribution >= 4 is 87.4 Å². The Hall–Kier alpha value is -8.09. The summed E-state index contributed by atoms with van der Waals surface area (Å²) in [5.74, 6) is 1.70. The Balaban J connectivity index is 1.10. The van der Waals surface area contributed by atoms with Crippen LogP contribution in [0.1, 0.15) is 0 Å².